The van der Waals surface area contributed by atoms with Gasteiger partial charge in [-0.05, 0) is 30.7 Å². The molecule has 0 heterocycles. The molecule has 0 radical (unpaired) electrons. The topological polar surface area (TPSA) is 72.6 Å². The Bertz CT molecular complexity index is 453. The van der Waals surface area contributed by atoms with Gasteiger partial charge in [-0.15, -0.1) is 0 Å². The summed E-state index contributed by atoms with van der Waals surface area (Å²) in [5.41, 5.74) is 0.644. The quantitative estimate of drug-likeness (QED) is 0.370. The molecule has 0 aromatic heterocycles. The molecule has 0 fully saturated rings. The lowest BCUT2D eigenvalue weighted by Gasteiger charge is -2.18. The fraction of sp³-hybridized carbons (Fsp3) is 0.429. The van der Waals surface area contributed by atoms with Gasteiger partial charge in [0.05, 0.1) is 7.11 Å². The predicted octanol–water partition coefficient (Wildman–Crippen LogP) is 2.12. The SMILES string of the molecule is CCC(C)C(C(=O)O)/[N+]([O-])=C/c1ccc(OC)cc1. The largest absolute Gasteiger partial charge is 0.623 e. The van der Waals surface area contributed by atoms with Gasteiger partial charge in [0, 0.05) is 11.5 Å². The van der Waals surface area contributed by atoms with Crippen LogP contribution in [0.5, 0.6) is 5.75 Å². The van der Waals surface area contributed by atoms with E-state index in [1.165, 1.54) is 6.21 Å². The maximum Gasteiger partial charge on any atom is 0.374 e. The van der Waals surface area contributed by atoms with Crippen LogP contribution in [0, 0.1) is 11.1 Å². The van der Waals surface area contributed by atoms with Gasteiger partial charge < -0.3 is 15.1 Å². The van der Waals surface area contributed by atoms with E-state index in [1.807, 2.05) is 6.92 Å². The van der Waals surface area contributed by atoms with E-state index in [0.29, 0.717) is 22.5 Å². The van der Waals surface area contributed by atoms with Gasteiger partial charge in [-0.2, -0.15) is 4.74 Å². The van der Waals surface area contributed by atoms with E-state index in [4.69, 9.17) is 9.84 Å². The summed E-state index contributed by atoms with van der Waals surface area (Å²) in [4.78, 5) is 11.2. The fourth-order valence-corrected chi connectivity index (χ4v) is 1.74. The molecule has 1 aromatic rings. The first-order valence-electron chi connectivity index (χ1n) is 6.16. The Hall–Kier alpha value is -2.04. The molecule has 104 valence electrons. The molecule has 5 heteroatoms. The second-order valence-electron chi connectivity index (χ2n) is 4.43. The molecule has 2 unspecified atom stereocenters. The zero-order valence-electron chi connectivity index (χ0n) is 11.4. The van der Waals surface area contributed by atoms with Crippen LogP contribution in [0.4, 0.5) is 0 Å². The highest BCUT2D eigenvalue weighted by molar-refractivity contribution is 5.78. The van der Waals surface area contributed by atoms with Crippen LogP contribution in [0.25, 0.3) is 0 Å². The van der Waals surface area contributed by atoms with Crippen molar-refractivity contribution in [3.05, 3.63) is 35.0 Å². The van der Waals surface area contributed by atoms with Crippen LogP contribution < -0.4 is 4.74 Å². The van der Waals surface area contributed by atoms with Crippen molar-refractivity contribution in [1.82, 2.24) is 0 Å². The second kappa shape index (κ2) is 6.78. The molecule has 0 spiro atoms. The molecule has 1 N–H and O–H groups in total. The third kappa shape index (κ3) is 3.98. The van der Waals surface area contributed by atoms with Crippen LogP contribution in [0.2, 0.25) is 0 Å². The van der Waals surface area contributed by atoms with Crippen LogP contribution >= 0.6 is 0 Å². The first-order valence-corrected chi connectivity index (χ1v) is 6.16. The highest BCUT2D eigenvalue weighted by Crippen LogP contribution is 2.13. The average Bonchev–Trinajstić information content (AvgIpc) is 2.39. The van der Waals surface area contributed by atoms with Crippen molar-refractivity contribution >= 4 is 12.2 Å². The molecule has 0 amide bonds. The van der Waals surface area contributed by atoms with Gasteiger partial charge in [0.15, 0.2) is 6.21 Å². The Labute approximate surface area is 112 Å². The van der Waals surface area contributed by atoms with Crippen molar-refractivity contribution in [1.29, 1.82) is 0 Å². The van der Waals surface area contributed by atoms with Gasteiger partial charge in [0.2, 0.25) is 0 Å². The molecule has 1 aromatic carbocycles. The minimum atomic E-state index is -1.10. The van der Waals surface area contributed by atoms with Crippen LogP contribution in [-0.2, 0) is 4.79 Å². The average molecular weight is 265 g/mol. The molecule has 0 bridgehead atoms. The summed E-state index contributed by atoms with van der Waals surface area (Å²) >= 11 is 0. The fourth-order valence-electron chi connectivity index (χ4n) is 1.74. The van der Waals surface area contributed by atoms with Crippen molar-refractivity contribution in [3.63, 3.8) is 0 Å². The molecule has 0 aliphatic carbocycles. The number of hydrogen-bond acceptors (Lipinski definition) is 3. The van der Waals surface area contributed by atoms with E-state index in [0.717, 1.165) is 0 Å². The van der Waals surface area contributed by atoms with E-state index in [-0.39, 0.29) is 5.92 Å². The number of benzene rings is 1. The van der Waals surface area contributed by atoms with E-state index in [9.17, 15) is 10.0 Å². The highest BCUT2D eigenvalue weighted by atomic mass is 16.5. The lowest BCUT2D eigenvalue weighted by atomic mass is 10.00. The van der Waals surface area contributed by atoms with Gasteiger partial charge in [-0.1, -0.05) is 13.8 Å². The highest BCUT2D eigenvalue weighted by Gasteiger charge is 2.31. The van der Waals surface area contributed by atoms with Gasteiger partial charge >= 0.3 is 5.97 Å². The summed E-state index contributed by atoms with van der Waals surface area (Å²) in [5, 5.41) is 21.1. The van der Waals surface area contributed by atoms with Crippen LogP contribution in [0.3, 0.4) is 0 Å². The predicted molar refractivity (Wildman–Crippen MR) is 72.7 cm³/mol. The van der Waals surface area contributed by atoms with Crippen LogP contribution in [0.15, 0.2) is 24.3 Å². The number of aliphatic carboxylic acids is 1. The van der Waals surface area contributed by atoms with Gasteiger partial charge in [-0.3, -0.25) is 0 Å². The van der Waals surface area contributed by atoms with Crippen LogP contribution in [-0.4, -0.2) is 35.2 Å². The third-order valence-corrected chi connectivity index (χ3v) is 3.10. The first-order chi connectivity index (χ1) is 8.99. The Morgan fingerprint density at radius 1 is 1.47 bits per heavy atom. The third-order valence-electron chi connectivity index (χ3n) is 3.10. The molecule has 0 aliphatic rings. The first kappa shape index (κ1) is 15.0. The number of carboxylic acid groups (broad SMARTS) is 1. The normalized spacial score (nSPS) is 14.8. The second-order valence-corrected chi connectivity index (χ2v) is 4.43. The number of hydroxylamine groups is 1. The molecular formula is C14H19NO4. The summed E-state index contributed by atoms with van der Waals surface area (Å²) in [5.74, 6) is -0.634. The minimum Gasteiger partial charge on any atom is -0.623 e. The molecule has 5 nitrogen and oxygen atoms in total. The smallest absolute Gasteiger partial charge is 0.374 e. The monoisotopic (exact) mass is 265 g/mol. The Morgan fingerprint density at radius 3 is 2.47 bits per heavy atom. The lowest BCUT2D eigenvalue weighted by Crippen LogP contribution is -2.37. The Balaban J connectivity index is 2.97. The molecule has 19 heavy (non-hydrogen) atoms. The van der Waals surface area contributed by atoms with Crippen molar-refractivity contribution in [2.75, 3.05) is 7.11 Å². The van der Waals surface area contributed by atoms with Crippen molar-refractivity contribution in [3.8, 4) is 5.75 Å². The van der Waals surface area contributed by atoms with Gasteiger partial charge in [0.1, 0.15) is 5.75 Å². The molecule has 0 saturated carbocycles. The van der Waals surface area contributed by atoms with E-state index in [2.05, 4.69) is 0 Å². The van der Waals surface area contributed by atoms with Gasteiger partial charge in [-0.25, -0.2) is 4.79 Å². The number of hydrogen-bond donors (Lipinski definition) is 1. The number of nitrogens with zero attached hydrogens (tertiary/aromatic N) is 1. The van der Waals surface area contributed by atoms with Crippen molar-refractivity contribution < 1.29 is 19.4 Å². The van der Waals surface area contributed by atoms with Crippen molar-refractivity contribution in [2.45, 2.75) is 26.3 Å². The number of ether oxygens (including phenoxy) is 1. The summed E-state index contributed by atoms with van der Waals surface area (Å²) in [6.07, 6.45) is 1.93. The number of rotatable bonds is 6. The summed E-state index contributed by atoms with van der Waals surface area (Å²) in [6.45, 7) is 3.62. The minimum absolute atomic E-state index is 0.218. The molecule has 0 saturated heterocycles. The standard InChI is InChI=1S/C14H19NO4/c1-4-10(2)13(14(16)17)15(18)9-11-5-7-12(19-3)8-6-11/h5-10,13H,4H2,1-3H3,(H,16,17)/b15-9-. The van der Waals surface area contributed by atoms with E-state index >= 15 is 0 Å². The van der Waals surface area contributed by atoms with Gasteiger partial charge in [0.25, 0.3) is 6.04 Å². The summed E-state index contributed by atoms with van der Waals surface area (Å²) in [7, 11) is 1.56. The molecular weight excluding hydrogens is 246 g/mol. The zero-order chi connectivity index (χ0) is 14.4. The lowest BCUT2D eigenvalue weighted by molar-refractivity contribution is -0.493. The van der Waals surface area contributed by atoms with Crippen LogP contribution in [0.1, 0.15) is 25.8 Å². The molecule has 1 rings (SSSR count). The summed E-state index contributed by atoms with van der Waals surface area (Å²) in [6, 6.07) is 5.79. The number of carboxylic acids is 1. The Kier molecular flexibility index (Phi) is 5.36. The summed E-state index contributed by atoms with van der Waals surface area (Å²) < 4.78 is 5.53. The number of methoxy groups -OCH3 is 1. The maximum atomic E-state index is 12.0. The molecule has 0 aliphatic heterocycles. The van der Waals surface area contributed by atoms with E-state index in [1.54, 1.807) is 38.3 Å². The zero-order valence-corrected chi connectivity index (χ0v) is 11.4. The van der Waals surface area contributed by atoms with E-state index < -0.39 is 12.0 Å². The van der Waals surface area contributed by atoms with Crippen molar-refractivity contribution in [2.24, 2.45) is 5.92 Å². The maximum absolute atomic E-state index is 12.0. The number of carbonyl (C=O) groups is 1. The Morgan fingerprint density at radius 2 is 2.05 bits per heavy atom. The molecule has 2 atom stereocenters.